The Labute approximate surface area is 117 Å². The maximum atomic E-state index is 11.9. The van der Waals surface area contributed by atoms with Crippen LogP contribution in [-0.4, -0.2) is 10.9 Å². The van der Waals surface area contributed by atoms with Crippen molar-refractivity contribution >= 4 is 38.9 Å². The summed E-state index contributed by atoms with van der Waals surface area (Å²) in [4.78, 5) is 16.1. The fraction of sp³-hybridized carbons (Fsp3) is 0.167. The quantitative estimate of drug-likeness (QED) is 0.911. The summed E-state index contributed by atoms with van der Waals surface area (Å²) in [6, 6.07) is 5.64. The van der Waals surface area contributed by atoms with E-state index in [2.05, 4.69) is 26.2 Å². The SMILES string of the molecule is Cc1cc(NC(=O)c2csc(CN)n2)ccc1Br. The fourth-order valence-corrected chi connectivity index (χ4v) is 2.33. The Morgan fingerprint density at radius 3 is 2.94 bits per heavy atom. The van der Waals surface area contributed by atoms with E-state index in [9.17, 15) is 4.79 Å². The van der Waals surface area contributed by atoms with Gasteiger partial charge in [-0.25, -0.2) is 4.98 Å². The van der Waals surface area contributed by atoms with Gasteiger partial charge in [0, 0.05) is 22.1 Å². The van der Waals surface area contributed by atoms with Crippen molar-refractivity contribution in [2.75, 3.05) is 5.32 Å². The molecule has 0 aliphatic rings. The zero-order valence-electron chi connectivity index (χ0n) is 9.74. The Hall–Kier alpha value is -1.24. The third-order valence-electron chi connectivity index (χ3n) is 2.37. The van der Waals surface area contributed by atoms with Gasteiger partial charge >= 0.3 is 0 Å². The highest BCUT2D eigenvalue weighted by Crippen LogP contribution is 2.20. The van der Waals surface area contributed by atoms with Gasteiger partial charge < -0.3 is 11.1 Å². The van der Waals surface area contributed by atoms with Crippen LogP contribution in [-0.2, 0) is 6.54 Å². The smallest absolute Gasteiger partial charge is 0.275 e. The second-order valence-electron chi connectivity index (χ2n) is 3.75. The highest BCUT2D eigenvalue weighted by molar-refractivity contribution is 9.10. The normalized spacial score (nSPS) is 10.4. The Balaban J connectivity index is 2.13. The standard InChI is InChI=1S/C12H12BrN3OS/c1-7-4-8(2-3-9(7)13)15-12(17)10-6-18-11(5-14)16-10/h2-4,6H,5,14H2,1H3,(H,15,17). The molecule has 0 saturated heterocycles. The average molecular weight is 326 g/mol. The molecule has 94 valence electrons. The maximum Gasteiger partial charge on any atom is 0.275 e. The molecule has 0 spiro atoms. The van der Waals surface area contributed by atoms with Crippen LogP contribution in [0.25, 0.3) is 0 Å². The summed E-state index contributed by atoms with van der Waals surface area (Å²) in [5, 5.41) is 5.28. The molecule has 1 aromatic heterocycles. The molecule has 0 saturated carbocycles. The van der Waals surface area contributed by atoms with E-state index in [0.29, 0.717) is 12.2 Å². The summed E-state index contributed by atoms with van der Waals surface area (Å²) in [5.74, 6) is -0.215. The first-order valence-corrected chi connectivity index (χ1v) is 6.99. The van der Waals surface area contributed by atoms with Gasteiger partial charge in [0.15, 0.2) is 0 Å². The lowest BCUT2D eigenvalue weighted by Crippen LogP contribution is -2.12. The molecule has 3 N–H and O–H groups in total. The minimum absolute atomic E-state index is 0.215. The Morgan fingerprint density at radius 1 is 1.56 bits per heavy atom. The van der Waals surface area contributed by atoms with Gasteiger partial charge in [-0.3, -0.25) is 4.79 Å². The first kappa shape index (κ1) is 13.2. The molecule has 0 fully saturated rings. The number of nitrogens with one attached hydrogen (secondary N) is 1. The van der Waals surface area contributed by atoms with Crippen LogP contribution in [0.15, 0.2) is 28.1 Å². The number of anilines is 1. The molecule has 0 bridgehead atoms. The minimum Gasteiger partial charge on any atom is -0.325 e. The van der Waals surface area contributed by atoms with E-state index in [-0.39, 0.29) is 5.91 Å². The van der Waals surface area contributed by atoms with Gasteiger partial charge in [-0.2, -0.15) is 0 Å². The lowest BCUT2D eigenvalue weighted by atomic mass is 10.2. The van der Waals surface area contributed by atoms with Crippen molar-refractivity contribution < 1.29 is 4.79 Å². The van der Waals surface area contributed by atoms with E-state index in [4.69, 9.17) is 5.73 Å². The second kappa shape index (κ2) is 5.60. The number of nitrogens with zero attached hydrogens (tertiary/aromatic N) is 1. The molecule has 6 heteroatoms. The molecule has 1 amide bonds. The zero-order chi connectivity index (χ0) is 13.1. The van der Waals surface area contributed by atoms with E-state index < -0.39 is 0 Å². The maximum absolute atomic E-state index is 11.9. The van der Waals surface area contributed by atoms with Crippen LogP contribution < -0.4 is 11.1 Å². The minimum atomic E-state index is -0.215. The number of carbonyl (C=O) groups excluding carboxylic acids is 1. The molecular formula is C12H12BrN3OS. The van der Waals surface area contributed by atoms with Gasteiger partial charge in [-0.05, 0) is 30.7 Å². The van der Waals surface area contributed by atoms with Gasteiger partial charge in [0.25, 0.3) is 5.91 Å². The largest absolute Gasteiger partial charge is 0.325 e. The van der Waals surface area contributed by atoms with Crippen molar-refractivity contribution in [1.82, 2.24) is 4.98 Å². The topological polar surface area (TPSA) is 68.0 Å². The van der Waals surface area contributed by atoms with Crippen molar-refractivity contribution in [2.45, 2.75) is 13.5 Å². The number of carbonyl (C=O) groups is 1. The Morgan fingerprint density at radius 2 is 2.33 bits per heavy atom. The summed E-state index contributed by atoms with van der Waals surface area (Å²) < 4.78 is 1.01. The number of rotatable bonds is 3. The highest BCUT2D eigenvalue weighted by atomic mass is 79.9. The molecule has 4 nitrogen and oxygen atoms in total. The predicted octanol–water partition coefficient (Wildman–Crippen LogP) is 2.93. The molecule has 1 heterocycles. The van der Waals surface area contributed by atoms with Crippen LogP contribution in [0.3, 0.4) is 0 Å². The van der Waals surface area contributed by atoms with Crippen molar-refractivity contribution in [3.63, 3.8) is 0 Å². The average Bonchev–Trinajstić information content (AvgIpc) is 2.82. The van der Waals surface area contributed by atoms with Gasteiger partial charge in [-0.15, -0.1) is 11.3 Å². The molecule has 2 rings (SSSR count). The summed E-state index contributed by atoms with van der Waals surface area (Å²) in [6.07, 6.45) is 0. The molecule has 2 aromatic rings. The van der Waals surface area contributed by atoms with Crippen molar-refractivity contribution in [1.29, 1.82) is 0 Å². The van der Waals surface area contributed by atoms with Crippen LogP contribution >= 0.6 is 27.3 Å². The summed E-state index contributed by atoms with van der Waals surface area (Å²) in [5.41, 5.74) is 7.68. The third-order valence-corrected chi connectivity index (χ3v) is 4.14. The molecule has 0 aliphatic heterocycles. The number of nitrogens with two attached hydrogens (primary N) is 1. The summed E-state index contributed by atoms with van der Waals surface area (Å²) >= 11 is 4.81. The van der Waals surface area contributed by atoms with E-state index in [0.717, 1.165) is 20.7 Å². The molecule has 0 unspecified atom stereocenters. The fourth-order valence-electron chi connectivity index (χ4n) is 1.43. The van der Waals surface area contributed by atoms with Crippen LogP contribution in [0.2, 0.25) is 0 Å². The third kappa shape index (κ3) is 2.95. The monoisotopic (exact) mass is 325 g/mol. The number of hydrogen-bond acceptors (Lipinski definition) is 4. The molecular weight excluding hydrogens is 314 g/mol. The molecule has 0 radical (unpaired) electrons. The number of halogens is 1. The predicted molar refractivity (Wildman–Crippen MR) is 76.8 cm³/mol. The van der Waals surface area contributed by atoms with Gasteiger partial charge in [0.05, 0.1) is 0 Å². The van der Waals surface area contributed by atoms with Crippen LogP contribution in [0.1, 0.15) is 21.1 Å². The van der Waals surface area contributed by atoms with Crippen molar-refractivity contribution in [2.24, 2.45) is 5.73 Å². The van der Waals surface area contributed by atoms with E-state index >= 15 is 0 Å². The van der Waals surface area contributed by atoms with Crippen LogP contribution in [0.4, 0.5) is 5.69 Å². The number of aryl methyl sites for hydroxylation is 1. The van der Waals surface area contributed by atoms with Crippen molar-refractivity contribution in [3.05, 3.63) is 44.3 Å². The first-order chi connectivity index (χ1) is 8.60. The number of aromatic nitrogens is 1. The second-order valence-corrected chi connectivity index (χ2v) is 5.55. The molecule has 0 atom stereocenters. The summed E-state index contributed by atoms with van der Waals surface area (Å²) in [6.45, 7) is 2.32. The number of amides is 1. The lowest BCUT2D eigenvalue weighted by molar-refractivity contribution is 0.102. The van der Waals surface area contributed by atoms with Crippen molar-refractivity contribution in [3.8, 4) is 0 Å². The number of hydrogen-bond donors (Lipinski definition) is 2. The molecule has 1 aromatic carbocycles. The number of thiazole rings is 1. The van der Waals surface area contributed by atoms with Gasteiger partial charge in [0.1, 0.15) is 10.7 Å². The van der Waals surface area contributed by atoms with E-state index in [1.807, 2.05) is 25.1 Å². The first-order valence-electron chi connectivity index (χ1n) is 5.32. The lowest BCUT2D eigenvalue weighted by Gasteiger charge is -2.05. The van der Waals surface area contributed by atoms with Gasteiger partial charge in [0.2, 0.25) is 0 Å². The van der Waals surface area contributed by atoms with Crippen LogP contribution in [0, 0.1) is 6.92 Å². The summed E-state index contributed by atoms with van der Waals surface area (Å²) in [7, 11) is 0. The highest BCUT2D eigenvalue weighted by Gasteiger charge is 2.10. The Kier molecular flexibility index (Phi) is 4.11. The van der Waals surface area contributed by atoms with Crippen LogP contribution in [0.5, 0.6) is 0 Å². The molecule has 0 aliphatic carbocycles. The zero-order valence-corrected chi connectivity index (χ0v) is 12.1. The Bertz CT molecular complexity index is 582. The van der Waals surface area contributed by atoms with E-state index in [1.165, 1.54) is 11.3 Å². The molecule has 18 heavy (non-hydrogen) atoms. The van der Waals surface area contributed by atoms with Gasteiger partial charge in [-0.1, -0.05) is 15.9 Å². The number of benzene rings is 1. The van der Waals surface area contributed by atoms with E-state index in [1.54, 1.807) is 5.38 Å².